The average molecular weight is 177 g/mol. The fourth-order valence-corrected chi connectivity index (χ4v) is 0.380. The third-order valence-electron chi connectivity index (χ3n) is 1.18. The zero-order chi connectivity index (χ0) is 9.56. The van der Waals surface area contributed by atoms with Crippen molar-refractivity contribution in [3.8, 4) is 0 Å². The van der Waals surface area contributed by atoms with Crippen molar-refractivity contribution in [3.63, 3.8) is 0 Å². The summed E-state index contributed by atoms with van der Waals surface area (Å²) in [4.78, 5) is 15.4. The van der Waals surface area contributed by atoms with Crippen LogP contribution >= 0.6 is 0 Å². The van der Waals surface area contributed by atoms with Crippen LogP contribution in [0, 0.1) is 5.92 Å². The molecular weight excluding hydrogens is 162 g/mol. The number of carbonyl (C=O) groups excluding carboxylic acids is 1. The molecule has 12 heavy (non-hydrogen) atoms. The second kappa shape index (κ2) is 5.93. The number of aliphatic hydroxyl groups excluding tert-OH is 2. The minimum absolute atomic E-state index is 0.102. The third-order valence-corrected chi connectivity index (χ3v) is 1.18. The van der Waals surface area contributed by atoms with E-state index in [0.29, 0.717) is 0 Å². The van der Waals surface area contributed by atoms with E-state index in [1.165, 1.54) is 0 Å². The molecule has 5 nitrogen and oxygen atoms in total. The first-order valence-corrected chi connectivity index (χ1v) is 3.78. The minimum Gasteiger partial charge on any atom is -0.394 e. The summed E-state index contributed by atoms with van der Waals surface area (Å²) in [6.45, 7) is 2.97. The molecule has 0 heterocycles. The topological polar surface area (TPSA) is 78.8 Å². The summed E-state index contributed by atoms with van der Waals surface area (Å²) in [5, 5.41) is 17.1. The summed E-state index contributed by atoms with van der Waals surface area (Å²) in [6, 6.07) is 0. The molecule has 0 radical (unpaired) electrons. The van der Waals surface area contributed by atoms with Gasteiger partial charge in [-0.15, -0.1) is 0 Å². The second-order valence-electron chi connectivity index (χ2n) is 2.77. The van der Waals surface area contributed by atoms with Crippen molar-refractivity contribution in [2.75, 3.05) is 13.2 Å². The van der Waals surface area contributed by atoms with E-state index in [2.05, 4.69) is 10.3 Å². The van der Waals surface area contributed by atoms with Gasteiger partial charge in [-0.1, -0.05) is 13.8 Å². The molecule has 0 aliphatic heterocycles. The lowest BCUT2D eigenvalue weighted by molar-refractivity contribution is -0.139. The summed E-state index contributed by atoms with van der Waals surface area (Å²) in [7, 11) is 0. The SMILES string of the molecule is CC(C)C(=O)NOC[C@@H](O)CO. The van der Waals surface area contributed by atoms with Crippen LogP contribution in [0.1, 0.15) is 13.8 Å². The van der Waals surface area contributed by atoms with Gasteiger partial charge in [0.15, 0.2) is 0 Å². The van der Waals surface area contributed by atoms with Crippen molar-refractivity contribution in [1.82, 2.24) is 5.48 Å². The van der Waals surface area contributed by atoms with Gasteiger partial charge in [-0.25, -0.2) is 5.48 Å². The highest BCUT2D eigenvalue weighted by Crippen LogP contribution is 1.90. The minimum atomic E-state index is -0.947. The molecule has 0 unspecified atom stereocenters. The van der Waals surface area contributed by atoms with E-state index in [9.17, 15) is 4.79 Å². The van der Waals surface area contributed by atoms with E-state index in [1.54, 1.807) is 13.8 Å². The quantitative estimate of drug-likeness (QED) is 0.473. The molecule has 0 rings (SSSR count). The Morgan fingerprint density at radius 2 is 2.17 bits per heavy atom. The molecule has 0 fully saturated rings. The maximum Gasteiger partial charge on any atom is 0.246 e. The molecule has 0 bridgehead atoms. The molecule has 1 amide bonds. The predicted molar refractivity (Wildman–Crippen MR) is 42.0 cm³/mol. The average Bonchev–Trinajstić information content (AvgIpc) is 2.03. The van der Waals surface area contributed by atoms with Gasteiger partial charge in [0, 0.05) is 5.92 Å². The second-order valence-corrected chi connectivity index (χ2v) is 2.77. The number of nitrogens with one attached hydrogen (secondary N) is 1. The van der Waals surface area contributed by atoms with Crippen LogP contribution < -0.4 is 5.48 Å². The normalized spacial score (nSPS) is 13.1. The molecule has 5 heteroatoms. The Hall–Kier alpha value is -0.650. The first-order chi connectivity index (χ1) is 5.57. The van der Waals surface area contributed by atoms with E-state index >= 15 is 0 Å². The summed E-state index contributed by atoms with van der Waals surface area (Å²) in [5.41, 5.74) is 2.14. The van der Waals surface area contributed by atoms with Crippen molar-refractivity contribution in [1.29, 1.82) is 0 Å². The van der Waals surface area contributed by atoms with E-state index in [0.717, 1.165) is 0 Å². The van der Waals surface area contributed by atoms with Gasteiger partial charge in [-0.2, -0.15) is 0 Å². The lowest BCUT2D eigenvalue weighted by atomic mass is 10.2. The Balaban J connectivity index is 3.37. The number of carbonyl (C=O) groups is 1. The highest BCUT2D eigenvalue weighted by Gasteiger charge is 2.07. The smallest absolute Gasteiger partial charge is 0.246 e. The van der Waals surface area contributed by atoms with Crippen molar-refractivity contribution in [2.45, 2.75) is 20.0 Å². The highest BCUT2D eigenvalue weighted by molar-refractivity contribution is 5.76. The number of aliphatic hydroxyl groups is 2. The maximum atomic E-state index is 10.8. The number of hydrogen-bond acceptors (Lipinski definition) is 4. The van der Waals surface area contributed by atoms with Gasteiger partial charge in [0.25, 0.3) is 0 Å². The summed E-state index contributed by atoms with van der Waals surface area (Å²) in [5.74, 6) is -0.406. The molecular formula is C7H15NO4. The van der Waals surface area contributed by atoms with Crippen molar-refractivity contribution >= 4 is 5.91 Å². The zero-order valence-corrected chi connectivity index (χ0v) is 7.28. The monoisotopic (exact) mass is 177 g/mol. The van der Waals surface area contributed by atoms with E-state index in [-0.39, 0.29) is 25.0 Å². The van der Waals surface area contributed by atoms with Crippen LogP contribution in [0.15, 0.2) is 0 Å². The van der Waals surface area contributed by atoms with Crippen molar-refractivity contribution in [3.05, 3.63) is 0 Å². The van der Waals surface area contributed by atoms with Gasteiger partial charge >= 0.3 is 0 Å². The Labute approximate surface area is 71.3 Å². The van der Waals surface area contributed by atoms with Gasteiger partial charge in [0.2, 0.25) is 5.91 Å². The number of rotatable bonds is 5. The van der Waals surface area contributed by atoms with Gasteiger partial charge in [-0.3, -0.25) is 9.63 Å². The molecule has 0 saturated carbocycles. The number of amides is 1. The van der Waals surface area contributed by atoms with Crippen molar-refractivity contribution < 1.29 is 19.8 Å². The van der Waals surface area contributed by atoms with Crippen LogP contribution in [0.25, 0.3) is 0 Å². The van der Waals surface area contributed by atoms with Crippen LogP contribution in [0.3, 0.4) is 0 Å². The maximum absolute atomic E-state index is 10.8. The van der Waals surface area contributed by atoms with E-state index in [1.807, 2.05) is 0 Å². The largest absolute Gasteiger partial charge is 0.394 e. The fraction of sp³-hybridized carbons (Fsp3) is 0.857. The van der Waals surface area contributed by atoms with Gasteiger partial charge in [0.1, 0.15) is 12.7 Å². The van der Waals surface area contributed by atoms with E-state index < -0.39 is 6.10 Å². The summed E-state index contributed by atoms with van der Waals surface area (Å²) < 4.78 is 0. The summed E-state index contributed by atoms with van der Waals surface area (Å²) in [6.07, 6.45) is -0.947. The van der Waals surface area contributed by atoms with Gasteiger partial charge in [0.05, 0.1) is 6.61 Å². The van der Waals surface area contributed by atoms with Crippen LogP contribution in [0.4, 0.5) is 0 Å². The molecule has 0 aromatic carbocycles. The first kappa shape index (κ1) is 11.4. The highest BCUT2D eigenvalue weighted by atomic mass is 16.7. The lowest BCUT2D eigenvalue weighted by Crippen LogP contribution is -2.32. The Bertz CT molecular complexity index is 137. The fourth-order valence-electron chi connectivity index (χ4n) is 0.380. The first-order valence-electron chi connectivity index (χ1n) is 3.78. The molecule has 0 aromatic heterocycles. The Morgan fingerprint density at radius 1 is 1.58 bits per heavy atom. The number of hydrogen-bond donors (Lipinski definition) is 3. The van der Waals surface area contributed by atoms with Crippen LogP contribution in [-0.2, 0) is 9.63 Å². The molecule has 72 valence electrons. The van der Waals surface area contributed by atoms with E-state index in [4.69, 9.17) is 10.2 Å². The van der Waals surface area contributed by atoms with Crippen LogP contribution in [0.5, 0.6) is 0 Å². The van der Waals surface area contributed by atoms with Gasteiger partial charge in [-0.05, 0) is 0 Å². The molecule has 1 atom stereocenters. The summed E-state index contributed by atoms with van der Waals surface area (Å²) >= 11 is 0. The molecule has 0 aliphatic carbocycles. The number of hydroxylamine groups is 1. The predicted octanol–water partition coefficient (Wildman–Crippen LogP) is -0.957. The van der Waals surface area contributed by atoms with Gasteiger partial charge < -0.3 is 10.2 Å². The lowest BCUT2D eigenvalue weighted by Gasteiger charge is -2.09. The third kappa shape index (κ3) is 5.06. The van der Waals surface area contributed by atoms with Crippen molar-refractivity contribution in [2.24, 2.45) is 5.92 Å². The Kier molecular flexibility index (Phi) is 5.61. The van der Waals surface area contributed by atoms with Crippen LogP contribution in [0.2, 0.25) is 0 Å². The molecule has 0 aliphatic rings. The molecule has 0 spiro atoms. The zero-order valence-electron chi connectivity index (χ0n) is 7.28. The standard InChI is InChI=1S/C7H15NO4/c1-5(2)7(11)8-12-4-6(10)3-9/h5-6,9-10H,3-4H2,1-2H3,(H,8,11)/t6-/m0/s1. The molecule has 0 saturated heterocycles. The van der Waals surface area contributed by atoms with Crippen LogP contribution in [-0.4, -0.2) is 35.4 Å². The molecule has 0 aromatic rings. The Morgan fingerprint density at radius 3 is 2.58 bits per heavy atom. The molecule has 3 N–H and O–H groups in total.